The number of aromatic nitrogens is 2. The Morgan fingerprint density at radius 3 is 2.95 bits per heavy atom. The van der Waals surface area contributed by atoms with Crippen molar-refractivity contribution in [1.82, 2.24) is 9.38 Å². The van der Waals surface area contributed by atoms with Crippen LogP contribution >= 0.6 is 11.6 Å². The van der Waals surface area contributed by atoms with Crippen LogP contribution in [-0.4, -0.2) is 9.38 Å². The smallest absolute Gasteiger partial charge is 0.137 e. The molecule has 0 aliphatic heterocycles. The molecule has 1 aromatic carbocycles. The summed E-state index contributed by atoms with van der Waals surface area (Å²) >= 11 is 5.95. The van der Waals surface area contributed by atoms with E-state index < -0.39 is 0 Å². The van der Waals surface area contributed by atoms with Crippen LogP contribution in [0.5, 0.6) is 5.75 Å². The summed E-state index contributed by atoms with van der Waals surface area (Å²) in [5.74, 6) is 0.617. The number of rotatable bonds is 3. The second-order valence-electron chi connectivity index (χ2n) is 4.24. The molecule has 98 valence electrons. The number of halogens is 1. The van der Waals surface area contributed by atoms with Crippen LogP contribution in [0.4, 0.5) is 0 Å². The van der Waals surface area contributed by atoms with Crippen molar-refractivity contribution in [1.29, 1.82) is 5.26 Å². The van der Waals surface area contributed by atoms with Crippen molar-refractivity contribution in [3.8, 4) is 11.8 Å². The minimum atomic E-state index is 0.351. The number of pyridine rings is 1. The van der Waals surface area contributed by atoms with Crippen LogP contribution in [0.1, 0.15) is 11.3 Å². The van der Waals surface area contributed by atoms with Crippen LogP contribution in [0.2, 0.25) is 5.02 Å². The molecule has 0 spiro atoms. The number of hydrogen-bond donors (Lipinski definition) is 0. The standard InChI is InChI=1S/C15H10ClN3O/c16-14-7-13(5-4-11(14)8-17)20-10-12-9-19-6-2-1-3-15(19)18-12/h1-7,9H,10H2. The molecular weight excluding hydrogens is 274 g/mol. The molecule has 0 radical (unpaired) electrons. The predicted molar refractivity (Wildman–Crippen MR) is 75.7 cm³/mol. The Morgan fingerprint density at radius 2 is 2.20 bits per heavy atom. The van der Waals surface area contributed by atoms with E-state index in [0.717, 1.165) is 11.3 Å². The molecule has 4 nitrogen and oxygen atoms in total. The first-order valence-corrected chi connectivity index (χ1v) is 6.39. The number of ether oxygens (including phenoxy) is 1. The van der Waals surface area contributed by atoms with Crippen LogP contribution < -0.4 is 4.74 Å². The molecule has 0 atom stereocenters. The van der Waals surface area contributed by atoms with Crippen molar-refractivity contribution < 1.29 is 4.74 Å². The van der Waals surface area contributed by atoms with Gasteiger partial charge in [-0.05, 0) is 24.3 Å². The molecule has 3 rings (SSSR count). The Balaban J connectivity index is 1.76. The molecule has 0 aliphatic carbocycles. The lowest BCUT2D eigenvalue weighted by atomic mass is 10.2. The van der Waals surface area contributed by atoms with E-state index in [1.807, 2.05) is 41.1 Å². The van der Waals surface area contributed by atoms with E-state index in [2.05, 4.69) is 4.98 Å². The number of benzene rings is 1. The molecular formula is C15H10ClN3O. The third-order valence-corrected chi connectivity index (χ3v) is 3.17. The first-order chi connectivity index (χ1) is 9.76. The van der Waals surface area contributed by atoms with Gasteiger partial charge in [-0.25, -0.2) is 4.98 Å². The van der Waals surface area contributed by atoms with Crippen molar-refractivity contribution in [2.75, 3.05) is 0 Å². The highest BCUT2D eigenvalue weighted by Gasteiger charge is 2.04. The highest BCUT2D eigenvalue weighted by Crippen LogP contribution is 2.22. The maximum absolute atomic E-state index is 8.81. The molecule has 0 fully saturated rings. The van der Waals surface area contributed by atoms with Gasteiger partial charge >= 0.3 is 0 Å². The molecule has 3 aromatic rings. The quantitative estimate of drug-likeness (QED) is 0.740. The maximum Gasteiger partial charge on any atom is 0.137 e. The summed E-state index contributed by atoms with van der Waals surface area (Å²) in [5, 5.41) is 9.20. The van der Waals surface area contributed by atoms with E-state index in [0.29, 0.717) is 22.9 Å². The Labute approximate surface area is 120 Å². The van der Waals surface area contributed by atoms with Gasteiger partial charge in [-0.1, -0.05) is 17.7 Å². The summed E-state index contributed by atoms with van der Waals surface area (Å²) in [6.45, 7) is 0.351. The average Bonchev–Trinajstić information content (AvgIpc) is 2.88. The third-order valence-electron chi connectivity index (χ3n) is 2.86. The first kappa shape index (κ1) is 12.5. The second-order valence-corrected chi connectivity index (χ2v) is 4.65. The van der Waals surface area contributed by atoms with Gasteiger partial charge in [0.1, 0.15) is 24.1 Å². The first-order valence-electron chi connectivity index (χ1n) is 6.01. The minimum absolute atomic E-state index is 0.351. The van der Waals surface area contributed by atoms with Gasteiger partial charge in [0.15, 0.2) is 0 Å². The Bertz CT molecular complexity index is 771. The molecule has 5 heteroatoms. The molecule has 0 amide bonds. The van der Waals surface area contributed by atoms with Crippen molar-refractivity contribution in [3.05, 3.63) is 65.1 Å². The highest BCUT2D eigenvalue weighted by molar-refractivity contribution is 6.31. The molecule has 0 N–H and O–H groups in total. The van der Waals surface area contributed by atoms with Gasteiger partial charge in [0, 0.05) is 18.5 Å². The number of hydrogen-bond acceptors (Lipinski definition) is 3. The van der Waals surface area contributed by atoms with Crippen LogP contribution in [0, 0.1) is 11.3 Å². The van der Waals surface area contributed by atoms with Crippen LogP contribution in [0.15, 0.2) is 48.8 Å². The number of imidazole rings is 1. The van der Waals surface area contributed by atoms with Gasteiger partial charge < -0.3 is 9.14 Å². The number of fused-ring (bicyclic) bond motifs is 1. The van der Waals surface area contributed by atoms with Gasteiger partial charge in [0.25, 0.3) is 0 Å². The highest BCUT2D eigenvalue weighted by atomic mass is 35.5. The van der Waals surface area contributed by atoms with Gasteiger partial charge in [-0.2, -0.15) is 5.26 Å². The van der Waals surface area contributed by atoms with E-state index in [-0.39, 0.29) is 0 Å². The summed E-state index contributed by atoms with van der Waals surface area (Å²) in [6.07, 6.45) is 3.85. The molecule has 2 aromatic heterocycles. The monoisotopic (exact) mass is 283 g/mol. The lowest BCUT2D eigenvalue weighted by Gasteiger charge is -2.04. The number of nitrogens with zero attached hydrogens (tertiary/aromatic N) is 3. The third kappa shape index (κ3) is 2.44. The molecule has 0 saturated carbocycles. The van der Waals surface area contributed by atoms with Crippen molar-refractivity contribution in [2.45, 2.75) is 6.61 Å². The fourth-order valence-corrected chi connectivity index (χ4v) is 2.10. The van der Waals surface area contributed by atoms with E-state index in [4.69, 9.17) is 21.6 Å². The topological polar surface area (TPSA) is 50.3 Å². The summed E-state index contributed by atoms with van der Waals surface area (Å²) in [5.41, 5.74) is 2.15. The normalized spacial score (nSPS) is 10.4. The summed E-state index contributed by atoms with van der Waals surface area (Å²) in [6, 6.07) is 12.8. The fraction of sp³-hybridized carbons (Fsp3) is 0.0667. The zero-order valence-electron chi connectivity index (χ0n) is 10.5. The van der Waals surface area contributed by atoms with Crippen LogP contribution in [0.3, 0.4) is 0 Å². The predicted octanol–water partition coefficient (Wildman–Crippen LogP) is 3.44. The van der Waals surface area contributed by atoms with E-state index in [1.54, 1.807) is 18.2 Å². The molecule has 2 heterocycles. The zero-order chi connectivity index (χ0) is 13.9. The van der Waals surface area contributed by atoms with E-state index in [9.17, 15) is 0 Å². The van der Waals surface area contributed by atoms with E-state index in [1.165, 1.54) is 0 Å². The largest absolute Gasteiger partial charge is 0.487 e. The molecule has 0 saturated heterocycles. The molecule has 0 unspecified atom stereocenters. The average molecular weight is 284 g/mol. The van der Waals surface area contributed by atoms with Gasteiger partial charge in [0.2, 0.25) is 0 Å². The summed E-state index contributed by atoms with van der Waals surface area (Å²) in [4.78, 5) is 4.44. The van der Waals surface area contributed by atoms with Crippen molar-refractivity contribution >= 4 is 17.2 Å². The fourth-order valence-electron chi connectivity index (χ4n) is 1.89. The molecule has 0 bridgehead atoms. The Kier molecular flexibility index (Phi) is 3.28. The van der Waals surface area contributed by atoms with Crippen LogP contribution in [-0.2, 0) is 6.61 Å². The SMILES string of the molecule is N#Cc1ccc(OCc2cn3ccccc3n2)cc1Cl. The zero-order valence-corrected chi connectivity index (χ0v) is 11.2. The number of nitriles is 1. The summed E-state index contributed by atoms with van der Waals surface area (Å²) < 4.78 is 7.57. The lowest BCUT2D eigenvalue weighted by molar-refractivity contribution is 0.302. The Morgan fingerprint density at radius 1 is 1.30 bits per heavy atom. The maximum atomic E-state index is 8.81. The van der Waals surface area contributed by atoms with E-state index >= 15 is 0 Å². The van der Waals surface area contributed by atoms with Crippen LogP contribution in [0.25, 0.3) is 5.65 Å². The Hall–Kier alpha value is -2.51. The molecule has 20 heavy (non-hydrogen) atoms. The van der Waals surface area contributed by atoms with Crippen molar-refractivity contribution in [3.63, 3.8) is 0 Å². The van der Waals surface area contributed by atoms with Gasteiger partial charge in [0.05, 0.1) is 16.3 Å². The lowest BCUT2D eigenvalue weighted by Crippen LogP contribution is -1.95. The second kappa shape index (κ2) is 5.24. The molecule has 0 aliphatic rings. The summed E-state index contributed by atoms with van der Waals surface area (Å²) in [7, 11) is 0. The minimum Gasteiger partial charge on any atom is -0.487 e. The van der Waals surface area contributed by atoms with Gasteiger partial charge in [-0.3, -0.25) is 0 Å². The van der Waals surface area contributed by atoms with Gasteiger partial charge in [-0.15, -0.1) is 0 Å². The van der Waals surface area contributed by atoms with Crippen molar-refractivity contribution in [2.24, 2.45) is 0 Å².